The number of rotatable bonds is 15. The number of nitro groups is 1. The van der Waals surface area contributed by atoms with Gasteiger partial charge in [0, 0.05) is 45.2 Å². The highest BCUT2D eigenvalue weighted by molar-refractivity contribution is 6.92. The van der Waals surface area contributed by atoms with Crippen LogP contribution in [0.2, 0.25) is 0 Å². The second kappa shape index (κ2) is 24.8. The van der Waals surface area contributed by atoms with E-state index in [-0.39, 0.29) is 120 Å². The molecule has 0 radical (unpaired) electrons. The highest BCUT2D eigenvalue weighted by Gasteiger charge is 2.65. The Hall–Kier alpha value is -2.70. The van der Waals surface area contributed by atoms with E-state index in [9.17, 15) is 34.7 Å². The fourth-order valence-corrected chi connectivity index (χ4v) is 19.2. The number of nitro benzene ring substituents is 1. The molecule has 426 valence electrons. The Kier molecular flexibility index (Phi) is 19.3. The lowest BCUT2D eigenvalue weighted by Gasteiger charge is -2.62. The van der Waals surface area contributed by atoms with E-state index in [1.807, 2.05) is 0 Å². The molecule has 9 rings (SSSR count). The lowest BCUT2D eigenvalue weighted by atomic mass is 9.43. The number of esters is 1. The predicted octanol–water partition coefficient (Wildman–Crippen LogP) is 12.3. The number of carbonyl (C=O) groups is 3. The van der Waals surface area contributed by atoms with Crippen LogP contribution in [0.4, 0.5) is 5.69 Å². The molecule has 0 heterocycles. The van der Waals surface area contributed by atoms with Crippen molar-refractivity contribution < 1.29 is 51.6 Å². The number of nitrogens with zero attached hydrogens (tertiary/aromatic N) is 1. The number of carbonyl (C=O) groups excluding carboxylic acids is 2. The Balaban J connectivity index is 0.000000262. The first-order valence-electron chi connectivity index (χ1n) is 30.1. The summed E-state index contributed by atoms with van der Waals surface area (Å²) in [5.41, 5.74) is 1.11. The molecule has 1 aromatic rings. The number of amides is 1. The van der Waals surface area contributed by atoms with Gasteiger partial charge in [-0.15, -0.1) is 0 Å². The summed E-state index contributed by atoms with van der Waals surface area (Å²) >= 11 is 0. The van der Waals surface area contributed by atoms with Crippen molar-refractivity contribution in [3.05, 3.63) is 39.4 Å². The summed E-state index contributed by atoms with van der Waals surface area (Å²) < 4.78 is 31.7. The van der Waals surface area contributed by atoms with Crippen molar-refractivity contribution in [2.75, 3.05) is 20.7 Å². The Labute approximate surface area is 456 Å². The number of hydrogen-bond acceptors (Lipinski definition) is 10. The van der Waals surface area contributed by atoms with E-state index in [4.69, 9.17) is 22.1 Å². The Morgan fingerprint density at radius 3 is 1.65 bits per heavy atom. The molecular weight excluding hydrogens is 968 g/mol. The van der Waals surface area contributed by atoms with Gasteiger partial charge in [0.05, 0.1) is 37.6 Å². The highest BCUT2D eigenvalue weighted by Crippen LogP contribution is 2.70. The molecule has 14 heteroatoms. The number of aliphatic hydroxyl groups excluding tert-OH is 2. The number of carboxylic acid groups (broad SMARTS) is 1. The van der Waals surface area contributed by atoms with Crippen molar-refractivity contribution >= 4 is 33.4 Å². The molecule has 9 unspecified atom stereocenters. The van der Waals surface area contributed by atoms with Gasteiger partial charge in [0.1, 0.15) is 6.61 Å². The SMILES string of the molecule is C.P.[2H]CO[C@@H]1CC[C@]2(C)C3CC[C@@]4(C)C(CCC4[C@@H](C)CCC(=O)O)C3[C@H](O)C[C@@H]2C1.[2H]CO[C@@H]1CC[C@]2(C)C3CC[C@@]4(C)C(CCC4[C@@H](C)CCC(=O)OCc4ccc(C(=O)NCC)cc4[N+](=O)[O-])C3[C@H](O)C[C@@H]2C1. The molecule has 8 aliphatic rings. The number of aliphatic carboxylic acids is 1. The maximum atomic E-state index is 12.8. The van der Waals surface area contributed by atoms with Crippen molar-refractivity contribution in [2.24, 2.45) is 92.7 Å². The van der Waals surface area contributed by atoms with Crippen LogP contribution in [-0.2, 0) is 30.4 Å². The third-order valence-corrected chi connectivity index (χ3v) is 23.1. The summed E-state index contributed by atoms with van der Waals surface area (Å²) in [5.74, 6) is 4.20. The van der Waals surface area contributed by atoms with E-state index in [2.05, 4.69) is 46.9 Å². The molecule has 8 saturated carbocycles. The Morgan fingerprint density at radius 1 is 0.733 bits per heavy atom. The summed E-state index contributed by atoms with van der Waals surface area (Å²) in [4.78, 5) is 47.1. The van der Waals surface area contributed by atoms with Gasteiger partial charge in [-0.2, -0.15) is 9.90 Å². The van der Waals surface area contributed by atoms with E-state index in [1.54, 1.807) is 6.92 Å². The minimum absolute atomic E-state index is 0. The zero-order valence-corrected chi connectivity index (χ0v) is 47.6. The van der Waals surface area contributed by atoms with Gasteiger partial charge in [0.25, 0.3) is 11.6 Å². The van der Waals surface area contributed by atoms with Gasteiger partial charge < -0.3 is 34.8 Å². The molecule has 1 aromatic carbocycles. The first-order valence-corrected chi connectivity index (χ1v) is 28.7. The minimum atomic E-state index is -0.683. The number of fused-ring (bicyclic) bond motifs is 10. The largest absolute Gasteiger partial charge is 0.481 e. The van der Waals surface area contributed by atoms with Gasteiger partial charge in [-0.1, -0.05) is 49.0 Å². The molecule has 1 amide bonds. The van der Waals surface area contributed by atoms with E-state index in [0.29, 0.717) is 89.4 Å². The second-order valence-corrected chi connectivity index (χ2v) is 26.2. The van der Waals surface area contributed by atoms with Crippen LogP contribution >= 0.6 is 9.90 Å². The number of carboxylic acids is 1. The lowest BCUT2D eigenvalue weighted by molar-refractivity contribution is -0.385. The minimum Gasteiger partial charge on any atom is -0.481 e. The average molecular weight is 1070 g/mol. The Bertz CT molecular complexity index is 2190. The van der Waals surface area contributed by atoms with E-state index >= 15 is 0 Å². The summed E-state index contributed by atoms with van der Waals surface area (Å²) in [6.07, 6.45) is 19.2. The molecule has 0 saturated heterocycles. The van der Waals surface area contributed by atoms with Gasteiger partial charge in [-0.3, -0.25) is 24.5 Å². The average Bonchev–Trinajstić information content (AvgIpc) is 3.92. The first-order chi connectivity index (χ1) is 35.6. The van der Waals surface area contributed by atoms with E-state index in [0.717, 1.165) is 83.5 Å². The third-order valence-electron chi connectivity index (χ3n) is 23.1. The fourth-order valence-electron chi connectivity index (χ4n) is 19.2. The summed E-state index contributed by atoms with van der Waals surface area (Å²) in [7, 11) is 0.0573. The van der Waals surface area contributed by atoms with Crippen molar-refractivity contribution in [1.29, 1.82) is 0 Å². The summed E-state index contributed by atoms with van der Waals surface area (Å²) in [6, 6.07) is 4.22. The standard InChI is InChI=1S/C35H52N2O7.C25H42O4.CH4.H3P/c1-6-36-33(40)22-8-9-23(29(17-22)37(41)42)20-44-31(39)12-7-21(2)26-10-11-27-32-28(14-16-35(26,27)4)34(3)15-13-25(43-5)18-24(34)19-30(32)38;1-15(5-8-22(27)28)18-6-7-19-23-20(10-12-25(18,19)3)24(2)11-9-17(29-4)13-16(24)14-21(23)26;;/h8-9,17,21,24-28,30,32,38H,6-7,10-16,18-20H2,1-5H3,(H,36,40);15-21,23,26H,5-14H2,1-4H3,(H,27,28);1H4;1H3/t21-,24-,25+,26?,27?,28?,30+,32?,34-,35+;15-,16-,17+,18?,19?,20?,21+,23?,24-,25+;;/m00../s1/i5D;4D;;. The molecule has 0 bridgehead atoms. The first kappa shape index (κ1) is 58.4. The summed E-state index contributed by atoms with van der Waals surface area (Å²) in [5, 5.41) is 46.4. The molecule has 8 fully saturated rings. The van der Waals surface area contributed by atoms with Crippen molar-refractivity contribution in [3.8, 4) is 0 Å². The van der Waals surface area contributed by atoms with Crippen LogP contribution in [-0.4, -0.2) is 83.2 Å². The van der Waals surface area contributed by atoms with Crippen molar-refractivity contribution in [3.63, 3.8) is 0 Å². The number of ether oxygens (including phenoxy) is 3. The van der Waals surface area contributed by atoms with Gasteiger partial charge in [0.2, 0.25) is 0 Å². The van der Waals surface area contributed by atoms with Crippen LogP contribution < -0.4 is 5.32 Å². The van der Waals surface area contributed by atoms with Crippen LogP contribution in [0.3, 0.4) is 0 Å². The fraction of sp³-hybridized carbons (Fsp3) is 0.852. The number of nitrogens with one attached hydrogen (secondary N) is 1. The van der Waals surface area contributed by atoms with Crippen LogP contribution in [0, 0.1) is 103 Å². The molecular formula is C61H101N2O11P. The zero-order valence-electron chi connectivity index (χ0n) is 48.2. The van der Waals surface area contributed by atoms with Crippen LogP contribution in [0.15, 0.2) is 18.2 Å². The maximum Gasteiger partial charge on any atom is 0.306 e. The number of aliphatic hydroxyl groups is 2. The summed E-state index contributed by atoms with van der Waals surface area (Å²) in [6.45, 7) is 16.3. The highest BCUT2D eigenvalue weighted by atomic mass is 31.0. The van der Waals surface area contributed by atoms with E-state index < -0.39 is 10.9 Å². The normalized spacial score (nSPS) is 41.4. The molecule has 8 aliphatic carbocycles. The molecule has 4 N–H and O–H groups in total. The third kappa shape index (κ3) is 11.8. The quantitative estimate of drug-likeness (QED) is 0.0565. The number of methoxy groups -OCH3 is 2. The lowest BCUT2D eigenvalue weighted by Crippen LogP contribution is -2.58. The monoisotopic (exact) mass is 1070 g/mol. The topological polar surface area (TPSA) is 195 Å². The second-order valence-electron chi connectivity index (χ2n) is 26.2. The van der Waals surface area contributed by atoms with Crippen LogP contribution in [0.5, 0.6) is 0 Å². The van der Waals surface area contributed by atoms with Gasteiger partial charge in [-0.05, 0) is 227 Å². The molecule has 21 atom stereocenters. The Morgan fingerprint density at radius 2 is 1.20 bits per heavy atom. The van der Waals surface area contributed by atoms with Gasteiger partial charge in [-0.25, -0.2) is 0 Å². The van der Waals surface area contributed by atoms with Crippen LogP contribution in [0.1, 0.15) is 203 Å². The van der Waals surface area contributed by atoms with E-state index in [1.165, 1.54) is 43.9 Å². The smallest absolute Gasteiger partial charge is 0.306 e. The van der Waals surface area contributed by atoms with Crippen molar-refractivity contribution in [2.45, 2.75) is 215 Å². The van der Waals surface area contributed by atoms with Gasteiger partial charge >= 0.3 is 11.9 Å². The molecule has 0 aliphatic heterocycles. The van der Waals surface area contributed by atoms with Crippen molar-refractivity contribution in [1.82, 2.24) is 5.32 Å². The molecule has 0 spiro atoms. The molecule has 75 heavy (non-hydrogen) atoms. The number of hydrogen-bond donors (Lipinski definition) is 4. The number of benzene rings is 1. The van der Waals surface area contributed by atoms with Crippen LogP contribution in [0.25, 0.3) is 0 Å². The molecule has 13 nitrogen and oxygen atoms in total. The molecule has 0 aromatic heterocycles. The van der Waals surface area contributed by atoms with Gasteiger partial charge in [0.15, 0.2) is 0 Å². The zero-order chi connectivity index (χ0) is 54.2. The predicted molar refractivity (Wildman–Crippen MR) is 298 cm³/mol. The maximum absolute atomic E-state index is 12.8.